The van der Waals surface area contributed by atoms with Crippen molar-refractivity contribution in [2.24, 2.45) is 5.92 Å². The lowest BCUT2D eigenvalue weighted by Crippen LogP contribution is -2.45. The van der Waals surface area contributed by atoms with Gasteiger partial charge in [-0.15, -0.1) is 0 Å². The van der Waals surface area contributed by atoms with Gasteiger partial charge in [-0.1, -0.05) is 0 Å². The van der Waals surface area contributed by atoms with Crippen molar-refractivity contribution in [3.05, 3.63) is 0 Å². The molecular weight excluding hydrogens is 200 g/mol. The van der Waals surface area contributed by atoms with Crippen molar-refractivity contribution < 1.29 is 8.42 Å². The number of hydrogen-bond donors (Lipinski definition) is 1. The van der Waals surface area contributed by atoms with Gasteiger partial charge in [0, 0.05) is 19.5 Å². The number of rotatable bonds is 6. The van der Waals surface area contributed by atoms with Crippen molar-refractivity contribution >= 4 is 9.84 Å². The Morgan fingerprint density at radius 2 is 2.07 bits per heavy atom. The van der Waals surface area contributed by atoms with Gasteiger partial charge >= 0.3 is 0 Å². The maximum Gasteiger partial charge on any atom is 0.150 e. The van der Waals surface area contributed by atoms with Crippen molar-refractivity contribution in [3.63, 3.8) is 0 Å². The molecule has 0 bridgehead atoms. The van der Waals surface area contributed by atoms with E-state index < -0.39 is 9.84 Å². The van der Waals surface area contributed by atoms with Gasteiger partial charge in [-0.2, -0.15) is 5.26 Å². The number of nitriles is 1. The lowest BCUT2D eigenvalue weighted by atomic mass is 10.1. The van der Waals surface area contributed by atoms with E-state index in [1.165, 1.54) is 0 Å². The fourth-order valence-corrected chi connectivity index (χ4v) is 3.20. The van der Waals surface area contributed by atoms with Crippen LogP contribution in [0.1, 0.15) is 19.3 Å². The molecule has 1 fully saturated rings. The van der Waals surface area contributed by atoms with E-state index in [2.05, 4.69) is 5.32 Å². The zero-order valence-corrected chi connectivity index (χ0v) is 9.02. The predicted octanol–water partition coefficient (Wildman–Crippen LogP) is 0.314. The molecule has 0 spiro atoms. The highest BCUT2D eigenvalue weighted by Gasteiger charge is 2.23. The van der Waals surface area contributed by atoms with Gasteiger partial charge in [0.1, 0.15) is 0 Å². The molecule has 0 amide bonds. The van der Waals surface area contributed by atoms with E-state index in [1.807, 2.05) is 6.07 Å². The molecule has 1 N–H and O–H groups in total. The van der Waals surface area contributed by atoms with E-state index in [0.29, 0.717) is 30.9 Å². The van der Waals surface area contributed by atoms with Crippen molar-refractivity contribution in [2.75, 3.05) is 24.6 Å². The van der Waals surface area contributed by atoms with Crippen LogP contribution in [0, 0.1) is 17.2 Å². The minimum atomic E-state index is -2.87. The topological polar surface area (TPSA) is 70.0 Å². The predicted molar refractivity (Wildman–Crippen MR) is 54.5 cm³/mol. The minimum Gasteiger partial charge on any atom is -0.316 e. The summed E-state index contributed by atoms with van der Waals surface area (Å²) in [5, 5.41) is 11.3. The Labute approximate surface area is 85.2 Å². The smallest absolute Gasteiger partial charge is 0.150 e. The molecule has 0 radical (unpaired) electrons. The Balaban J connectivity index is 2.17. The van der Waals surface area contributed by atoms with E-state index in [4.69, 9.17) is 5.26 Å². The van der Waals surface area contributed by atoms with Crippen molar-refractivity contribution in [1.29, 1.82) is 5.26 Å². The first-order valence-corrected chi connectivity index (χ1v) is 6.74. The quantitative estimate of drug-likeness (QED) is 0.649. The Morgan fingerprint density at radius 3 is 2.57 bits per heavy atom. The van der Waals surface area contributed by atoms with Gasteiger partial charge in [-0.05, 0) is 18.8 Å². The van der Waals surface area contributed by atoms with Crippen LogP contribution in [0.5, 0.6) is 0 Å². The highest BCUT2D eigenvalue weighted by molar-refractivity contribution is 7.91. The number of unbranched alkanes of at least 4 members (excludes halogenated alkanes) is 2. The molecular formula is C9H16N2O2S. The Kier molecular flexibility index (Phi) is 4.36. The molecule has 0 aromatic rings. The third-order valence-corrected chi connectivity index (χ3v) is 4.24. The minimum absolute atomic E-state index is 0.241. The highest BCUT2D eigenvalue weighted by Crippen LogP contribution is 2.09. The number of sulfone groups is 1. The monoisotopic (exact) mass is 216 g/mol. The Bertz CT molecular complexity index is 301. The van der Waals surface area contributed by atoms with Gasteiger partial charge in [-0.25, -0.2) is 8.42 Å². The Morgan fingerprint density at radius 1 is 1.36 bits per heavy atom. The van der Waals surface area contributed by atoms with Crippen LogP contribution in [0.15, 0.2) is 0 Å². The van der Waals surface area contributed by atoms with Crippen LogP contribution < -0.4 is 5.32 Å². The first-order chi connectivity index (χ1) is 6.64. The summed E-state index contributed by atoms with van der Waals surface area (Å²) in [5.41, 5.74) is 0. The molecule has 0 aromatic carbocycles. The largest absolute Gasteiger partial charge is 0.316 e. The molecule has 0 atom stereocenters. The standard InChI is InChI=1S/C9H16N2O2S/c10-4-2-1-3-5-14(12,13)8-9-6-11-7-9/h9,11H,1-3,5-8H2. The Hall–Kier alpha value is -0.600. The summed E-state index contributed by atoms with van der Waals surface area (Å²) < 4.78 is 23.0. The molecule has 4 nitrogen and oxygen atoms in total. The van der Waals surface area contributed by atoms with Crippen LogP contribution in [0.3, 0.4) is 0 Å². The highest BCUT2D eigenvalue weighted by atomic mass is 32.2. The molecule has 5 heteroatoms. The van der Waals surface area contributed by atoms with Gasteiger partial charge in [0.05, 0.1) is 17.6 Å². The molecule has 1 aliphatic heterocycles. The van der Waals surface area contributed by atoms with Crippen LogP contribution in [0.2, 0.25) is 0 Å². The van der Waals surface area contributed by atoms with E-state index >= 15 is 0 Å². The molecule has 0 saturated carbocycles. The van der Waals surface area contributed by atoms with Crippen LogP contribution in [-0.4, -0.2) is 33.0 Å². The summed E-state index contributed by atoms with van der Waals surface area (Å²) in [6.45, 7) is 1.66. The van der Waals surface area contributed by atoms with Gasteiger partial charge in [0.2, 0.25) is 0 Å². The van der Waals surface area contributed by atoms with Crippen LogP contribution in [0.4, 0.5) is 0 Å². The number of nitrogens with zero attached hydrogens (tertiary/aromatic N) is 1. The van der Waals surface area contributed by atoms with Gasteiger partial charge in [-0.3, -0.25) is 0 Å². The van der Waals surface area contributed by atoms with Crippen LogP contribution >= 0.6 is 0 Å². The van der Waals surface area contributed by atoms with E-state index in [-0.39, 0.29) is 5.75 Å². The molecule has 0 aliphatic carbocycles. The van der Waals surface area contributed by atoms with Gasteiger partial charge in [0.15, 0.2) is 9.84 Å². The molecule has 80 valence electrons. The van der Waals surface area contributed by atoms with Gasteiger partial charge < -0.3 is 5.32 Å². The summed E-state index contributed by atoms with van der Waals surface area (Å²) in [5.74, 6) is 0.869. The third-order valence-electron chi connectivity index (χ3n) is 2.35. The van der Waals surface area contributed by atoms with Crippen molar-refractivity contribution in [3.8, 4) is 6.07 Å². The van der Waals surface area contributed by atoms with E-state index in [0.717, 1.165) is 13.1 Å². The van der Waals surface area contributed by atoms with Crippen molar-refractivity contribution in [1.82, 2.24) is 5.32 Å². The van der Waals surface area contributed by atoms with Gasteiger partial charge in [0.25, 0.3) is 0 Å². The van der Waals surface area contributed by atoms with E-state index in [1.54, 1.807) is 0 Å². The molecule has 1 rings (SSSR count). The van der Waals surface area contributed by atoms with Crippen molar-refractivity contribution in [2.45, 2.75) is 19.3 Å². The second-order valence-electron chi connectivity index (χ2n) is 3.75. The summed E-state index contributed by atoms with van der Waals surface area (Å²) in [6, 6.07) is 2.01. The molecule has 0 unspecified atom stereocenters. The second kappa shape index (κ2) is 5.32. The van der Waals surface area contributed by atoms with E-state index in [9.17, 15) is 8.42 Å². The first kappa shape index (κ1) is 11.5. The molecule has 14 heavy (non-hydrogen) atoms. The number of hydrogen-bond acceptors (Lipinski definition) is 4. The maximum atomic E-state index is 11.5. The fourth-order valence-electron chi connectivity index (χ4n) is 1.43. The molecule has 0 aromatic heterocycles. The second-order valence-corrected chi connectivity index (χ2v) is 5.98. The molecule has 1 saturated heterocycles. The average molecular weight is 216 g/mol. The zero-order chi connectivity index (χ0) is 10.4. The zero-order valence-electron chi connectivity index (χ0n) is 8.20. The lowest BCUT2D eigenvalue weighted by molar-refractivity contribution is 0.378. The summed E-state index contributed by atoms with van der Waals surface area (Å²) >= 11 is 0. The summed E-state index contributed by atoms with van der Waals surface area (Å²) in [7, 11) is -2.87. The average Bonchev–Trinajstić information content (AvgIpc) is 2.06. The SMILES string of the molecule is N#CCCCCS(=O)(=O)CC1CNC1. The van der Waals surface area contributed by atoms with Crippen LogP contribution in [0.25, 0.3) is 0 Å². The molecule has 1 heterocycles. The number of nitrogens with one attached hydrogen (secondary N) is 1. The summed E-state index contributed by atoms with van der Waals surface area (Å²) in [6.07, 6.45) is 1.77. The third kappa shape index (κ3) is 4.07. The van der Waals surface area contributed by atoms with Crippen LogP contribution in [-0.2, 0) is 9.84 Å². The fraction of sp³-hybridized carbons (Fsp3) is 0.889. The lowest BCUT2D eigenvalue weighted by Gasteiger charge is -2.26. The molecule has 1 aliphatic rings. The maximum absolute atomic E-state index is 11.5. The summed E-state index contributed by atoms with van der Waals surface area (Å²) in [4.78, 5) is 0. The normalized spacial score (nSPS) is 17.4. The first-order valence-electron chi connectivity index (χ1n) is 4.92.